The molecule has 0 aliphatic carbocycles. The summed E-state index contributed by atoms with van der Waals surface area (Å²) in [5.41, 5.74) is 0.870. The third-order valence-electron chi connectivity index (χ3n) is 3.07. The van der Waals surface area contributed by atoms with Crippen LogP contribution in [0, 0.1) is 0 Å². The second-order valence-corrected chi connectivity index (χ2v) is 6.75. The Morgan fingerprint density at radius 3 is 2.70 bits per heavy atom. The first-order chi connectivity index (χ1) is 9.61. The topological polar surface area (TPSA) is 64.6 Å². The Kier molecular flexibility index (Phi) is 5.25. The summed E-state index contributed by atoms with van der Waals surface area (Å²) in [7, 11) is -3.19. The lowest BCUT2D eigenvalue weighted by atomic mass is 10.2. The van der Waals surface area contributed by atoms with Crippen molar-refractivity contribution in [2.75, 3.05) is 19.0 Å². The van der Waals surface area contributed by atoms with Crippen molar-refractivity contribution in [2.45, 2.75) is 32.7 Å². The number of benzene rings is 1. The minimum absolute atomic E-state index is 0.175. The van der Waals surface area contributed by atoms with Crippen LogP contribution in [0.15, 0.2) is 18.2 Å². The van der Waals surface area contributed by atoms with E-state index < -0.39 is 10.0 Å². The van der Waals surface area contributed by atoms with Gasteiger partial charge >= 0.3 is 0 Å². The summed E-state index contributed by atoms with van der Waals surface area (Å²) < 4.78 is 37.2. The van der Waals surface area contributed by atoms with Crippen LogP contribution in [0.25, 0.3) is 0 Å². The lowest BCUT2D eigenvalue weighted by Gasteiger charge is -2.10. The van der Waals surface area contributed by atoms with Gasteiger partial charge in [-0.05, 0) is 24.1 Å². The zero-order chi connectivity index (χ0) is 14.4. The molecule has 0 unspecified atom stereocenters. The zero-order valence-corrected chi connectivity index (χ0v) is 12.5. The third kappa shape index (κ3) is 4.38. The molecule has 0 spiro atoms. The van der Waals surface area contributed by atoms with Crippen LogP contribution in [0.2, 0.25) is 0 Å². The second-order valence-electron chi connectivity index (χ2n) is 4.83. The van der Waals surface area contributed by atoms with Crippen molar-refractivity contribution in [3.63, 3.8) is 0 Å². The van der Waals surface area contributed by atoms with Crippen molar-refractivity contribution in [3.8, 4) is 11.5 Å². The number of rotatable bonds is 6. The van der Waals surface area contributed by atoms with Crippen molar-refractivity contribution in [1.82, 2.24) is 4.72 Å². The maximum Gasteiger partial charge on any atom is 0.211 e. The van der Waals surface area contributed by atoms with Gasteiger partial charge in [0.05, 0.1) is 19.0 Å². The predicted molar refractivity (Wildman–Crippen MR) is 77.6 cm³/mol. The Bertz CT molecular complexity index is 542. The van der Waals surface area contributed by atoms with Gasteiger partial charge in [0.15, 0.2) is 11.5 Å². The van der Waals surface area contributed by atoms with E-state index in [0.29, 0.717) is 25.4 Å². The van der Waals surface area contributed by atoms with Gasteiger partial charge in [0.1, 0.15) is 0 Å². The predicted octanol–water partition coefficient (Wildman–Crippen LogP) is 2.07. The molecule has 1 N–H and O–H groups in total. The largest absolute Gasteiger partial charge is 0.490 e. The van der Waals surface area contributed by atoms with Crippen molar-refractivity contribution >= 4 is 10.0 Å². The molecule has 1 aliphatic heterocycles. The Balaban J connectivity index is 1.98. The van der Waals surface area contributed by atoms with Gasteiger partial charge in [0.25, 0.3) is 0 Å². The highest BCUT2D eigenvalue weighted by Crippen LogP contribution is 2.30. The van der Waals surface area contributed by atoms with Crippen LogP contribution in [0.4, 0.5) is 0 Å². The number of hydrogen-bond acceptors (Lipinski definition) is 4. The first kappa shape index (κ1) is 15.1. The zero-order valence-electron chi connectivity index (χ0n) is 11.7. The van der Waals surface area contributed by atoms with Crippen molar-refractivity contribution < 1.29 is 17.9 Å². The maximum atomic E-state index is 11.7. The Hall–Kier alpha value is -1.27. The third-order valence-corrected chi connectivity index (χ3v) is 4.49. The first-order valence-electron chi connectivity index (χ1n) is 6.96. The first-order valence-corrected chi connectivity index (χ1v) is 8.62. The smallest absolute Gasteiger partial charge is 0.211 e. The monoisotopic (exact) mass is 299 g/mol. The molecule has 2 rings (SSSR count). The summed E-state index contributed by atoms with van der Waals surface area (Å²) in [5, 5.41) is 0. The molecule has 0 saturated heterocycles. The number of nitrogens with one attached hydrogen (secondary N) is 1. The Morgan fingerprint density at radius 1 is 1.20 bits per heavy atom. The number of ether oxygens (including phenoxy) is 2. The molecule has 0 aromatic heterocycles. The van der Waals surface area contributed by atoms with Crippen LogP contribution in [0.3, 0.4) is 0 Å². The summed E-state index contributed by atoms with van der Waals surface area (Å²) in [6, 6.07) is 5.52. The average Bonchev–Trinajstić information content (AvgIpc) is 2.68. The van der Waals surface area contributed by atoms with E-state index >= 15 is 0 Å². The number of unbranched alkanes of at least 4 members (excludes halogenated alkanes) is 1. The number of sulfonamides is 1. The molecule has 0 radical (unpaired) electrons. The molecule has 0 bridgehead atoms. The lowest BCUT2D eigenvalue weighted by Crippen LogP contribution is -2.25. The quantitative estimate of drug-likeness (QED) is 0.873. The molecule has 1 aliphatic rings. The van der Waals surface area contributed by atoms with Gasteiger partial charge < -0.3 is 9.47 Å². The van der Waals surface area contributed by atoms with E-state index in [0.717, 1.165) is 24.2 Å². The van der Waals surface area contributed by atoms with Crippen LogP contribution in [0.5, 0.6) is 11.5 Å². The van der Waals surface area contributed by atoms with E-state index in [1.54, 1.807) is 0 Å². The highest BCUT2D eigenvalue weighted by atomic mass is 32.2. The van der Waals surface area contributed by atoms with Gasteiger partial charge in [-0.25, -0.2) is 13.1 Å². The highest BCUT2D eigenvalue weighted by Gasteiger charge is 2.12. The molecule has 0 atom stereocenters. The van der Waals surface area contributed by atoms with Crippen molar-refractivity contribution in [1.29, 1.82) is 0 Å². The molecule has 1 aromatic carbocycles. The van der Waals surface area contributed by atoms with Crippen LogP contribution in [0.1, 0.15) is 31.7 Å². The van der Waals surface area contributed by atoms with E-state index in [1.165, 1.54) is 0 Å². The molecule has 112 valence electrons. The number of hydrogen-bond donors (Lipinski definition) is 1. The molecule has 6 heteroatoms. The van der Waals surface area contributed by atoms with Gasteiger partial charge in [0.2, 0.25) is 10.0 Å². The molecule has 0 saturated carbocycles. The summed E-state index contributed by atoms with van der Waals surface area (Å²) >= 11 is 0. The highest BCUT2D eigenvalue weighted by molar-refractivity contribution is 7.89. The summed E-state index contributed by atoms with van der Waals surface area (Å²) in [6.07, 6.45) is 2.40. The SMILES string of the molecule is CCCCS(=O)(=O)NCc1ccc2c(c1)OCCCO2. The van der Waals surface area contributed by atoms with Crippen LogP contribution in [-0.2, 0) is 16.6 Å². The molecular formula is C14H21NO4S. The molecular weight excluding hydrogens is 278 g/mol. The van der Waals surface area contributed by atoms with Crippen LogP contribution in [-0.4, -0.2) is 27.4 Å². The Labute approximate surface area is 120 Å². The molecule has 1 aromatic rings. The molecule has 0 amide bonds. The standard InChI is InChI=1S/C14H21NO4S/c1-2-3-9-20(16,17)15-11-12-5-6-13-14(10-12)19-8-4-7-18-13/h5-6,10,15H,2-4,7-9,11H2,1H3. The minimum atomic E-state index is -3.19. The van der Waals surface area contributed by atoms with Gasteiger partial charge in [-0.3, -0.25) is 0 Å². The van der Waals surface area contributed by atoms with E-state index in [9.17, 15) is 8.42 Å². The molecule has 0 fully saturated rings. The normalized spacial score (nSPS) is 14.8. The molecule has 1 heterocycles. The van der Waals surface area contributed by atoms with Gasteiger partial charge in [-0.2, -0.15) is 0 Å². The summed E-state index contributed by atoms with van der Waals surface area (Å²) in [5.74, 6) is 1.58. The second kappa shape index (κ2) is 6.95. The Morgan fingerprint density at radius 2 is 1.95 bits per heavy atom. The van der Waals surface area contributed by atoms with Gasteiger partial charge in [-0.1, -0.05) is 19.4 Å². The van der Waals surface area contributed by atoms with E-state index in [1.807, 2.05) is 25.1 Å². The molecule has 5 nitrogen and oxygen atoms in total. The summed E-state index contributed by atoms with van der Waals surface area (Å²) in [6.45, 7) is 3.52. The maximum absolute atomic E-state index is 11.7. The van der Waals surface area contributed by atoms with E-state index in [4.69, 9.17) is 9.47 Å². The number of fused-ring (bicyclic) bond motifs is 1. The van der Waals surface area contributed by atoms with Crippen molar-refractivity contribution in [3.05, 3.63) is 23.8 Å². The van der Waals surface area contributed by atoms with Crippen molar-refractivity contribution in [2.24, 2.45) is 0 Å². The average molecular weight is 299 g/mol. The van der Waals surface area contributed by atoms with Crippen LogP contribution >= 0.6 is 0 Å². The fraction of sp³-hybridized carbons (Fsp3) is 0.571. The van der Waals surface area contributed by atoms with Gasteiger partial charge in [0, 0.05) is 13.0 Å². The molecule has 20 heavy (non-hydrogen) atoms. The van der Waals surface area contributed by atoms with E-state index in [2.05, 4.69) is 4.72 Å². The fourth-order valence-electron chi connectivity index (χ4n) is 1.92. The van der Waals surface area contributed by atoms with Crippen LogP contribution < -0.4 is 14.2 Å². The summed E-state index contributed by atoms with van der Waals surface area (Å²) in [4.78, 5) is 0. The minimum Gasteiger partial charge on any atom is -0.490 e. The van der Waals surface area contributed by atoms with E-state index in [-0.39, 0.29) is 12.3 Å². The fourth-order valence-corrected chi connectivity index (χ4v) is 3.12. The lowest BCUT2D eigenvalue weighted by molar-refractivity contribution is 0.297. The van der Waals surface area contributed by atoms with Gasteiger partial charge in [-0.15, -0.1) is 0 Å².